The van der Waals surface area contributed by atoms with Crippen LogP contribution in [0.15, 0.2) is 11.6 Å². The maximum absolute atomic E-state index is 2.45. The lowest BCUT2D eigenvalue weighted by atomic mass is 9.78. The molecule has 0 aromatic carbocycles. The number of hydrogen-bond donors (Lipinski definition) is 0. The molecule has 50 valence electrons. The van der Waals surface area contributed by atoms with Gasteiger partial charge in [-0.05, 0) is 30.6 Å². The molecule has 2 rings (SSSR count). The van der Waals surface area contributed by atoms with Crippen molar-refractivity contribution in [2.24, 2.45) is 17.8 Å². The standard InChI is InChI=1S/C9H14/c1-6-3-8-5-7(2)9(8)4-6/h5-7,9H,3-4H2,1-2H3. The third kappa shape index (κ3) is 0.654. The first-order chi connectivity index (χ1) is 4.27. The second-order valence-electron chi connectivity index (χ2n) is 3.75. The highest BCUT2D eigenvalue weighted by Crippen LogP contribution is 2.47. The molecule has 1 fully saturated rings. The molecule has 0 heterocycles. The first-order valence-corrected chi connectivity index (χ1v) is 3.98. The molecule has 0 bridgehead atoms. The van der Waals surface area contributed by atoms with E-state index in [0.29, 0.717) is 0 Å². The Bertz CT molecular complexity index is 155. The maximum atomic E-state index is 2.45. The second-order valence-corrected chi connectivity index (χ2v) is 3.75. The molecule has 3 atom stereocenters. The smallest absolute Gasteiger partial charge is 0.0140 e. The van der Waals surface area contributed by atoms with E-state index in [9.17, 15) is 0 Å². The molecular formula is C9H14. The summed E-state index contributed by atoms with van der Waals surface area (Å²) in [6.07, 6.45) is 5.32. The van der Waals surface area contributed by atoms with Crippen LogP contribution in [0.4, 0.5) is 0 Å². The Morgan fingerprint density at radius 3 is 2.67 bits per heavy atom. The van der Waals surface area contributed by atoms with Crippen LogP contribution in [-0.4, -0.2) is 0 Å². The van der Waals surface area contributed by atoms with Crippen molar-refractivity contribution in [2.45, 2.75) is 26.7 Å². The fourth-order valence-electron chi connectivity index (χ4n) is 2.30. The SMILES string of the molecule is CC1CC2=CC(C)C2C1. The Hall–Kier alpha value is -0.260. The Kier molecular flexibility index (Phi) is 0.992. The van der Waals surface area contributed by atoms with Crippen LogP contribution in [0.2, 0.25) is 0 Å². The highest BCUT2D eigenvalue weighted by molar-refractivity contribution is 5.25. The molecule has 0 amide bonds. The zero-order chi connectivity index (χ0) is 6.43. The van der Waals surface area contributed by atoms with Crippen molar-refractivity contribution in [3.05, 3.63) is 11.6 Å². The topological polar surface area (TPSA) is 0 Å². The summed E-state index contributed by atoms with van der Waals surface area (Å²) in [7, 11) is 0. The van der Waals surface area contributed by atoms with E-state index in [2.05, 4.69) is 19.9 Å². The van der Waals surface area contributed by atoms with Crippen molar-refractivity contribution in [2.75, 3.05) is 0 Å². The zero-order valence-corrected chi connectivity index (χ0v) is 6.22. The van der Waals surface area contributed by atoms with Crippen LogP contribution in [0.5, 0.6) is 0 Å². The van der Waals surface area contributed by atoms with E-state index in [1.54, 1.807) is 5.57 Å². The molecule has 0 saturated heterocycles. The molecule has 0 radical (unpaired) electrons. The van der Waals surface area contributed by atoms with E-state index in [4.69, 9.17) is 0 Å². The van der Waals surface area contributed by atoms with Gasteiger partial charge in [0.05, 0.1) is 0 Å². The van der Waals surface area contributed by atoms with Crippen molar-refractivity contribution < 1.29 is 0 Å². The molecule has 1 saturated carbocycles. The fraction of sp³-hybridized carbons (Fsp3) is 0.778. The van der Waals surface area contributed by atoms with E-state index in [1.165, 1.54) is 12.8 Å². The minimum Gasteiger partial charge on any atom is -0.0816 e. The van der Waals surface area contributed by atoms with E-state index < -0.39 is 0 Å². The van der Waals surface area contributed by atoms with Crippen LogP contribution in [0.3, 0.4) is 0 Å². The number of allylic oxidation sites excluding steroid dienone is 2. The third-order valence-electron chi connectivity index (χ3n) is 2.83. The van der Waals surface area contributed by atoms with Gasteiger partial charge in [-0.2, -0.15) is 0 Å². The predicted molar refractivity (Wildman–Crippen MR) is 39.1 cm³/mol. The minimum atomic E-state index is 0.907. The lowest BCUT2D eigenvalue weighted by Gasteiger charge is -2.27. The van der Waals surface area contributed by atoms with Crippen LogP contribution in [-0.2, 0) is 0 Å². The molecule has 2 aliphatic carbocycles. The van der Waals surface area contributed by atoms with Crippen molar-refractivity contribution in [1.82, 2.24) is 0 Å². The summed E-state index contributed by atoms with van der Waals surface area (Å²) in [5.74, 6) is 2.89. The highest BCUT2D eigenvalue weighted by Gasteiger charge is 2.35. The van der Waals surface area contributed by atoms with Crippen LogP contribution in [0, 0.1) is 17.8 Å². The van der Waals surface area contributed by atoms with E-state index in [1.807, 2.05) is 0 Å². The molecular weight excluding hydrogens is 108 g/mol. The van der Waals surface area contributed by atoms with Gasteiger partial charge < -0.3 is 0 Å². The average molecular weight is 122 g/mol. The molecule has 0 spiro atoms. The molecule has 0 aliphatic heterocycles. The van der Waals surface area contributed by atoms with Crippen molar-refractivity contribution in [3.8, 4) is 0 Å². The zero-order valence-electron chi connectivity index (χ0n) is 6.22. The summed E-state index contributed by atoms with van der Waals surface area (Å²) in [5.41, 5.74) is 1.76. The maximum Gasteiger partial charge on any atom is -0.0140 e. The summed E-state index contributed by atoms with van der Waals surface area (Å²) in [4.78, 5) is 0. The van der Waals surface area contributed by atoms with Crippen molar-refractivity contribution >= 4 is 0 Å². The van der Waals surface area contributed by atoms with Crippen LogP contribution >= 0.6 is 0 Å². The predicted octanol–water partition coefficient (Wildman–Crippen LogP) is 2.61. The van der Waals surface area contributed by atoms with Gasteiger partial charge in [0.2, 0.25) is 0 Å². The Balaban J connectivity index is 2.14. The number of fused-ring (bicyclic) bond motifs is 1. The third-order valence-corrected chi connectivity index (χ3v) is 2.83. The Morgan fingerprint density at radius 2 is 2.22 bits per heavy atom. The average Bonchev–Trinajstić information content (AvgIpc) is 2.08. The molecule has 9 heavy (non-hydrogen) atoms. The molecule has 2 aliphatic rings. The molecule has 0 aromatic heterocycles. The molecule has 3 unspecified atom stereocenters. The van der Waals surface area contributed by atoms with Crippen molar-refractivity contribution in [1.29, 1.82) is 0 Å². The van der Waals surface area contributed by atoms with Gasteiger partial charge in [0.15, 0.2) is 0 Å². The lowest BCUT2D eigenvalue weighted by molar-refractivity contribution is 0.420. The van der Waals surface area contributed by atoms with Crippen LogP contribution in [0.25, 0.3) is 0 Å². The van der Waals surface area contributed by atoms with Gasteiger partial charge in [-0.25, -0.2) is 0 Å². The molecule has 0 N–H and O–H groups in total. The number of hydrogen-bond acceptors (Lipinski definition) is 0. The van der Waals surface area contributed by atoms with Crippen LogP contribution < -0.4 is 0 Å². The van der Waals surface area contributed by atoms with Crippen LogP contribution in [0.1, 0.15) is 26.7 Å². The summed E-state index contributed by atoms with van der Waals surface area (Å²) in [6.45, 7) is 4.71. The summed E-state index contributed by atoms with van der Waals surface area (Å²) in [6, 6.07) is 0. The van der Waals surface area contributed by atoms with Crippen molar-refractivity contribution in [3.63, 3.8) is 0 Å². The van der Waals surface area contributed by atoms with Gasteiger partial charge >= 0.3 is 0 Å². The summed E-state index contributed by atoms with van der Waals surface area (Å²) < 4.78 is 0. The van der Waals surface area contributed by atoms with E-state index in [-0.39, 0.29) is 0 Å². The minimum absolute atomic E-state index is 0.907. The summed E-state index contributed by atoms with van der Waals surface area (Å²) >= 11 is 0. The van der Waals surface area contributed by atoms with E-state index >= 15 is 0 Å². The van der Waals surface area contributed by atoms with Gasteiger partial charge in [0, 0.05) is 0 Å². The Labute approximate surface area is 57.0 Å². The largest absolute Gasteiger partial charge is 0.0816 e. The molecule has 0 nitrogen and oxygen atoms in total. The number of rotatable bonds is 0. The normalized spacial score (nSPS) is 47.8. The Morgan fingerprint density at radius 1 is 1.44 bits per heavy atom. The second kappa shape index (κ2) is 1.62. The molecule has 0 heteroatoms. The summed E-state index contributed by atoms with van der Waals surface area (Å²) in [5, 5.41) is 0. The van der Waals surface area contributed by atoms with Gasteiger partial charge in [-0.1, -0.05) is 25.5 Å². The van der Waals surface area contributed by atoms with Gasteiger partial charge in [0.1, 0.15) is 0 Å². The quantitative estimate of drug-likeness (QED) is 0.433. The van der Waals surface area contributed by atoms with Gasteiger partial charge in [-0.3, -0.25) is 0 Å². The molecule has 0 aromatic rings. The fourth-order valence-corrected chi connectivity index (χ4v) is 2.30. The van der Waals surface area contributed by atoms with E-state index in [0.717, 1.165) is 17.8 Å². The lowest BCUT2D eigenvalue weighted by Crippen LogP contribution is -2.16. The van der Waals surface area contributed by atoms with Gasteiger partial charge in [0.25, 0.3) is 0 Å². The van der Waals surface area contributed by atoms with Gasteiger partial charge in [-0.15, -0.1) is 0 Å². The monoisotopic (exact) mass is 122 g/mol. The first-order valence-electron chi connectivity index (χ1n) is 3.98. The highest BCUT2D eigenvalue weighted by atomic mass is 14.4. The first kappa shape index (κ1) is 5.52.